The maximum Gasteiger partial charge on any atom is 0.165 e. The fourth-order valence-electron chi connectivity index (χ4n) is 5.46. The lowest BCUT2D eigenvalue weighted by atomic mass is 10.1. The normalized spacial score (nSPS) is 19.4. The summed E-state index contributed by atoms with van der Waals surface area (Å²) in [6.07, 6.45) is 3.54. The molecule has 0 spiro atoms. The number of rotatable bonds is 6. The van der Waals surface area contributed by atoms with E-state index in [9.17, 15) is 4.39 Å². The number of ether oxygens (including phenoxy) is 2. The Bertz CT molecular complexity index is 1200. The van der Waals surface area contributed by atoms with E-state index in [1.165, 1.54) is 35.8 Å². The zero-order valence-electron chi connectivity index (χ0n) is 20.3. The molecule has 2 aliphatic heterocycles. The number of thiophene rings is 1. The van der Waals surface area contributed by atoms with Crippen LogP contribution in [0.25, 0.3) is 10.2 Å². The van der Waals surface area contributed by atoms with E-state index < -0.39 is 0 Å². The molecule has 6 rings (SSSR count). The second kappa shape index (κ2) is 9.97. The standard InChI is InChI=1S/C26H32FN5O2S/c1-33-21-6-5-18(15-20(21)27)16-30-7-9-32(10-8-30)25-24-19-3-2-4-22(19)35-26(24)29-23(28-25)17-31-11-13-34-14-12-31/h5-6,15H,2-4,7-14,16-17H2,1H3. The van der Waals surface area contributed by atoms with Crippen molar-refractivity contribution in [3.63, 3.8) is 0 Å². The monoisotopic (exact) mass is 497 g/mol. The number of fused-ring (bicyclic) bond motifs is 3. The third-order valence-electron chi connectivity index (χ3n) is 7.35. The number of piperazine rings is 1. The van der Waals surface area contributed by atoms with Crippen molar-refractivity contribution in [2.24, 2.45) is 0 Å². The Morgan fingerprint density at radius 2 is 1.80 bits per heavy atom. The Morgan fingerprint density at radius 1 is 1.00 bits per heavy atom. The summed E-state index contributed by atoms with van der Waals surface area (Å²) in [6.45, 7) is 8.60. The van der Waals surface area contributed by atoms with Crippen LogP contribution >= 0.6 is 11.3 Å². The van der Waals surface area contributed by atoms with Crippen LogP contribution < -0.4 is 9.64 Å². The molecule has 2 saturated heterocycles. The molecule has 2 aromatic heterocycles. The lowest BCUT2D eigenvalue weighted by Gasteiger charge is -2.36. The highest BCUT2D eigenvalue weighted by Gasteiger charge is 2.27. The number of methoxy groups -OCH3 is 1. The molecule has 1 aromatic carbocycles. The first-order valence-electron chi connectivity index (χ1n) is 12.6. The number of benzene rings is 1. The molecule has 35 heavy (non-hydrogen) atoms. The number of aromatic nitrogens is 2. The number of morpholine rings is 1. The largest absolute Gasteiger partial charge is 0.494 e. The summed E-state index contributed by atoms with van der Waals surface area (Å²) >= 11 is 1.87. The van der Waals surface area contributed by atoms with Gasteiger partial charge in [-0.15, -0.1) is 11.3 Å². The van der Waals surface area contributed by atoms with Crippen LogP contribution in [0.4, 0.5) is 10.2 Å². The maximum atomic E-state index is 14.1. The van der Waals surface area contributed by atoms with Crippen LogP contribution in [0.2, 0.25) is 0 Å². The van der Waals surface area contributed by atoms with Crippen molar-refractivity contribution in [2.75, 3.05) is 64.5 Å². The zero-order valence-corrected chi connectivity index (χ0v) is 21.1. The minimum atomic E-state index is -0.300. The van der Waals surface area contributed by atoms with Gasteiger partial charge in [-0.3, -0.25) is 9.80 Å². The number of hydrogen-bond donors (Lipinski definition) is 0. The SMILES string of the molecule is COc1ccc(CN2CCN(c3nc(CN4CCOCC4)nc4sc5c(c34)CCC5)CC2)cc1F. The van der Waals surface area contributed by atoms with E-state index in [-0.39, 0.29) is 5.82 Å². The van der Waals surface area contributed by atoms with Crippen LogP contribution in [-0.2, 0) is 30.7 Å². The predicted molar refractivity (Wildman–Crippen MR) is 136 cm³/mol. The smallest absolute Gasteiger partial charge is 0.165 e. The Hall–Kier alpha value is -2.33. The Balaban J connectivity index is 1.21. The van der Waals surface area contributed by atoms with Crippen LogP contribution in [0.1, 0.15) is 28.2 Å². The summed E-state index contributed by atoms with van der Waals surface area (Å²) in [5.74, 6) is 2.03. The van der Waals surface area contributed by atoms with Crippen LogP contribution in [0, 0.1) is 5.82 Å². The Morgan fingerprint density at radius 3 is 2.57 bits per heavy atom. The van der Waals surface area contributed by atoms with E-state index in [0.29, 0.717) is 5.75 Å². The highest BCUT2D eigenvalue weighted by Crippen LogP contribution is 2.41. The quantitative estimate of drug-likeness (QED) is 0.517. The summed E-state index contributed by atoms with van der Waals surface area (Å²) in [5, 5.41) is 1.29. The van der Waals surface area contributed by atoms with E-state index >= 15 is 0 Å². The van der Waals surface area contributed by atoms with Crippen molar-refractivity contribution in [3.05, 3.63) is 45.8 Å². The molecule has 0 amide bonds. The molecule has 0 atom stereocenters. The summed E-state index contributed by atoms with van der Waals surface area (Å²) < 4.78 is 24.7. The molecule has 3 aromatic rings. The molecule has 186 valence electrons. The highest BCUT2D eigenvalue weighted by molar-refractivity contribution is 7.19. The fraction of sp³-hybridized carbons (Fsp3) is 0.538. The van der Waals surface area contributed by atoms with Crippen LogP contribution in [-0.4, -0.2) is 79.4 Å². The molecule has 9 heteroatoms. The highest BCUT2D eigenvalue weighted by atomic mass is 32.1. The molecule has 0 N–H and O–H groups in total. The van der Waals surface area contributed by atoms with Crippen LogP contribution in [0.5, 0.6) is 5.75 Å². The zero-order chi connectivity index (χ0) is 23.8. The van der Waals surface area contributed by atoms with Crippen molar-refractivity contribution in [1.82, 2.24) is 19.8 Å². The van der Waals surface area contributed by atoms with Gasteiger partial charge < -0.3 is 14.4 Å². The van der Waals surface area contributed by atoms with Gasteiger partial charge in [-0.25, -0.2) is 14.4 Å². The number of nitrogens with zero attached hydrogens (tertiary/aromatic N) is 5. The van der Waals surface area contributed by atoms with Crippen molar-refractivity contribution < 1.29 is 13.9 Å². The minimum absolute atomic E-state index is 0.294. The van der Waals surface area contributed by atoms with Crippen molar-refractivity contribution >= 4 is 27.4 Å². The van der Waals surface area contributed by atoms with Crippen molar-refractivity contribution in [1.29, 1.82) is 0 Å². The molecule has 0 unspecified atom stereocenters. The number of halogens is 1. The Labute approximate surface area is 209 Å². The van der Waals surface area contributed by atoms with Crippen LogP contribution in [0.15, 0.2) is 18.2 Å². The first-order chi connectivity index (χ1) is 17.2. The molecule has 0 radical (unpaired) electrons. The van der Waals surface area contributed by atoms with Crippen LogP contribution in [0.3, 0.4) is 0 Å². The molecular weight excluding hydrogens is 465 g/mol. The molecule has 0 bridgehead atoms. The van der Waals surface area contributed by atoms with Gasteiger partial charge in [-0.2, -0.15) is 0 Å². The Kier molecular flexibility index (Phi) is 6.58. The van der Waals surface area contributed by atoms with Crippen molar-refractivity contribution in [2.45, 2.75) is 32.4 Å². The summed E-state index contributed by atoms with van der Waals surface area (Å²) in [4.78, 5) is 20.1. The average molecular weight is 498 g/mol. The van der Waals surface area contributed by atoms with E-state index in [0.717, 1.165) is 94.0 Å². The summed E-state index contributed by atoms with van der Waals surface area (Å²) in [5.41, 5.74) is 2.46. The van der Waals surface area contributed by atoms with Gasteiger partial charge >= 0.3 is 0 Å². The summed E-state index contributed by atoms with van der Waals surface area (Å²) in [7, 11) is 1.50. The molecule has 1 aliphatic carbocycles. The van der Waals surface area contributed by atoms with Gasteiger partial charge in [0.2, 0.25) is 0 Å². The average Bonchev–Trinajstić information content (AvgIpc) is 3.46. The third-order valence-corrected chi connectivity index (χ3v) is 8.54. The molecule has 4 heterocycles. The minimum Gasteiger partial charge on any atom is -0.494 e. The molecular formula is C26H32FN5O2S. The van der Waals surface area contributed by atoms with Gasteiger partial charge in [0, 0.05) is 50.7 Å². The molecule has 3 aliphatic rings. The molecule has 0 saturated carbocycles. The van der Waals surface area contributed by atoms with E-state index in [1.54, 1.807) is 12.1 Å². The number of hydrogen-bond acceptors (Lipinski definition) is 8. The first kappa shape index (κ1) is 23.1. The maximum absolute atomic E-state index is 14.1. The van der Waals surface area contributed by atoms with E-state index in [1.807, 2.05) is 17.4 Å². The van der Waals surface area contributed by atoms with Gasteiger partial charge in [0.25, 0.3) is 0 Å². The van der Waals surface area contributed by atoms with Gasteiger partial charge in [0.15, 0.2) is 11.6 Å². The van der Waals surface area contributed by atoms with Gasteiger partial charge in [0.1, 0.15) is 16.5 Å². The molecule has 2 fully saturated rings. The fourth-order valence-corrected chi connectivity index (χ4v) is 6.74. The second-order valence-electron chi connectivity index (χ2n) is 9.62. The first-order valence-corrected chi connectivity index (χ1v) is 13.4. The number of aryl methyl sites for hydroxylation is 2. The van der Waals surface area contributed by atoms with Gasteiger partial charge in [-0.1, -0.05) is 6.07 Å². The van der Waals surface area contributed by atoms with Gasteiger partial charge in [0.05, 0.1) is 32.3 Å². The topological polar surface area (TPSA) is 54.0 Å². The lowest BCUT2D eigenvalue weighted by Crippen LogP contribution is -2.46. The molecule has 7 nitrogen and oxygen atoms in total. The predicted octanol–water partition coefficient (Wildman–Crippen LogP) is 3.48. The van der Waals surface area contributed by atoms with Gasteiger partial charge in [-0.05, 0) is 42.5 Å². The summed E-state index contributed by atoms with van der Waals surface area (Å²) in [6, 6.07) is 5.26. The second-order valence-corrected chi connectivity index (χ2v) is 10.7. The van der Waals surface area contributed by atoms with Crippen molar-refractivity contribution in [3.8, 4) is 5.75 Å². The lowest BCUT2D eigenvalue weighted by molar-refractivity contribution is 0.0331. The van der Waals surface area contributed by atoms with E-state index in [2.05, 4.69) is 14.7 Å². The third kappa shape index (κ3) is 4.74. The van der Waals surface area contributed by atoms with E-state index in [4.69, 9.17) is 19.4 Å². The number of anilines is 1.